The van der Waals surface area contributed by atoms with E-state index in [-0.39, 0.29) is 12.4 Å². The molecule has 2 aromatic carbocycles. The van der Waals surface area contributed by atoms with Crippen molar-refractivity contribution >= 4 is 9.84 Å². The highest BCUT2D eigenvalue weighted by molar-refractivity contribution is 7.91. The van der Waals surface area contributed by atoms with Gasteiger partial charge in [-0.2, -0.15) is 0 Å². The Morgan fingerprint density at radius 2 is 1.68 bits per heavy atom. The first-order valence-corrected chi connectivity index (χ1v) is 11.9. The summed E-state index contributed by atoms with van der Waals surface area (Å²) in [5, 5.41) is 0. The Balaban J connectivity index is 1.60. The molecule has 2 aromatic rings. The summed E-state index contributed by atoms with van der Waals surface area (Å²) in [6.45, 7) is 7.28. The van der Waals surface area contributed by atoms with Gasteiger partial charge in [-0.15, -0.1) is 0 Å². The lowest BCUT2D eigenvalue weighted by Gasteiger charge is -2.20. The summed E-state index contributed by atoms with van der Waals surface area (Å²) < 4.78 is 29.8. The van der Waals surface area contributed by atoms with Gasteiger partial charge >= 0.3 is 0 Å². The van der Waals surface area contributed by atoms with Crippen LogP contribution in [-0.2, 0) is 21.0 Å². The van der Waals surface area contributed by atoms with Crippen LogP contribution in [0.15, 0.2) is 53.4 Å². The molecule has 0 saturated carbocycles. The molecule has 0 radical (unpaired) electrons. The average Bonchev–Trinajstić information content (AvgIpc) is 3.12. The molecule has 0 bridgehead atoms. The number of hydrogen-bond acceptors (Lipinski definition) is 4. The second-order valence-electron chi connectivity index (χ2n) is 7.51. The number of benzene rings is 2. The van der Waals surface area contributed by atoms with Gasteiger partial charge in [-0.05, 0) is 68.5 Å². The van der Waals surface area contributed by atoms with Gasteiger partial charge in [0.1, 0.15) is 0 Å². The summed E-state index contributed by atoms with van der Waals surface area (Å²) in [5.74, 6) is 0.0184. The normalized spacial score (nSPS) is 17.9. The molecule has 0 spiro atoms. The SMILES string of the molecule is CCOCCS(=O)(=O)c1ccc(-c2ccc(CCN3CCCC3C)cc2)cc1. The molecule has 4 nitrogen and oxygen atoms in total. The van der Waals surface area contributed by atoms with Crippen LogP contribution in [0.3, 0.4) is 0 Å². The second-order valence-corrected chi connectivity index (χ2v) is 9.62. The Bertz CT molecular complexity index is 844. The van der Waals surface area contributed by atoms with E-state index in [0.717, 1.165) is 24.1 Å². The molecule has 1 atom stereocenters. The highest BCUT2D eigenvalue weighted by Gasteiger charge is 2.19. The Morgan fingerprint density at radius 1 is 1.04 bits per heavy atom. The van der Waals surface area contributed by atoms with E-state index in [1.807, 2.05) is 19.1 Å². The van der Waals surface area contributed by atoms with Crippen LogP contribution in [0.4, 0.5) is 0 Å². The van der Waals surface area contributed by atoms with Crippen LogP contribution in [0.2, 0.25) is 0 Å². The molecule has 1 aliphatic heterocycles. The first-order chi connectivity index (χ1) is 13.5. The molecule has 0 amide bonds. The zero-order chi connectivity index (χ0) is 20.0. The van der Waals surface area contributed by atoms with Crippen LogP contribution in [0, 0.1) is 0 Å². The third-order valence-corrected chi connectivity index (χ3v) is 7.27. The number of sulfone groups is 1. The largest absolute Gasteiger partial charge is 0.381 e. The zero-order valence-corrected chi connectivity index (χ0v) is 17.7. The van der Waals surface area contributed by atoms with E-state index in [4.69, 9.17) is 4.74 Å². The van der Waals surface area contributed by atoms with Crippen LogP contribution in [-0.4, -0.2) is 51.4 Å². The zero-order valence-electron chi connectivity index (χ0n) is 16.9. The van der Waals surface area contributed by atoms with Crippen molar-refractivity contribution in [3.05, 3.63) is 54.1 Å². The molecule has 0 aromatic heterocycles. The smallest absolute Gasteiger partial charge is 0.180 e. The molecule has 0 aliphatic carbocycles. The highest BCUT2D eigenvalue weighted by atomic mass is 32.2. The summed E-state index contributed by atoms with van der Waals surface area (Å²) in [6.07, 6.45) is 3.70. The molecule has 152 valence electrons. The van der Waals surface area contributed by atoms with E-state index >= 15 is 0 Å². The monoisotopic (exact) mass is 401 g/mol. The predicted molar refractivity (Wildman–Crippen MR) is 114 cm³/mol. The number of hydrogen-bond donors (Lipinski definition) is 0. The minimum atomic E-state index is -3.29. The fourth-order valence-electron chi connectivity index (χ4n) is 3.75. The van der Waals surface area contributed by atoms with Crippen molar-refractivity contribution in [2.45, 2.75) is 44.0 Å². The number of likely N-dealkylation sites (tertiary alicyclic amines) is 1. The molecular formula is C23H31NO3S. The van der Waals surface area contributed by atoms with Crippen molar-refractivity contribution in [1.82, 2.24) is 4.90 Å². The van der Waals surface area contributed by atoms with E-state index in [9.17, 15) is 8.42 Å². The van der Waals surface area contributed by atoms with Gasteiger partial charge in [0.05, 0.1) is 17.3 Å². The average molecular weight is 402 g/mol. The van der Waals surface area contributed by atoms with E-state index in [2.05, 4.69) is 36.1 Å². The van der Waals surface area contributed by atoms with Gasteiger partial charge in [0.2, 0.25) is 0 Å². The highest BCUT2D eigenvalue weighted by Crippen LogP contribution is 2.23. The lowest BCUT2D eigenvalue weighted by Crippen LogP contribution is -2.28. The maximum atomic E-state index is 12.3. The van der Waals surface area contributed by atoms with Crippen molar-refractivity contribution in [3.63, 3.8) is 0 Å². The molecule has 1 aliphatic rings. The summed E-state index contributed by atoms with van der Waals surface area (Å²) >= 11 is 0. The molecule has 28 heavy (non-hydrogen) atoms. The van der Waals surface area contributed by atoms with Gasteiger partial charge in [-0.3, -0.25) is 0 Å². The molecule has 1 heterocycles. The second kappa shape index (κ2) is 9.68. The maximum absolute atomic E-state index is 12.3. The van der Waals surface area contributed by atoms with Gasteiger partial charge in [-0.25, -0.2) is 8.42 Å². The van der Waals surface area contributed by atoms with Crippen molar-refractivity contribution in [1.29, 1.82) is 0 Å². The Kier molecular flexibility index (Phi) is 7.27. The van der Waals surface area contributed by atoms with E-state index in [0.29, 0.717) is 17.5 Å². The molecule has 0 N–H and O–H groups in total. The molecule has 5 heteroatoms. The van der Waals surface area contributed by atoms with E-state index < -0.39 is 9.84 Å². The van der Waals surface area contributed by atoms with Crippen LogP contribution in [0.25, 0.3) is 11.1 Å². The summed E-state index contributed by atoms with van der Waals surface area (Å²) in [6, 6.07) is 16.5. The summed E-state index contributed by atoms with van der Waals surface area (Å²) in [7, 11) is -3.29. The predicted octanol–water partition coefficient (Wildman–Crippen LogP) is 4.19. The molecule has 1 unspecified atom stereocenters. The van der Waals surface area contributed by atoms with Crippen molar-refractivity contribution in [3.8, 4) is 11.1 Å². The number of rotatable bonds is 9. The van der Waals surface area contributed by atoms with Crippen LogP contribution >= 0.6 is 0 Å². The number of nitrogens with zero attached hydrogens (tertiary/aromatic N) is 1. The fraction of sp³-hybridized carbons (Fsp3) is 0.478. The number of ether oxygens (including phenoxy) is 1. The van der Waals surface area contributed by atoms with Gasteiger partial charge in [0.25, 0.3) is 0 Å². The lowest BCUT2D eigenvalue weighted by atomic mass is 10.0. The Hall–Kier alpha value is -1.69. The lowest BCUT2D eigenvalue weighted by molar-refractivity contribution is 0.163. The fourth-order valence-corrected chi connectivity index (χ4v) is 4.87. The van der Waals surface area contributed by atoms with Crippen LogP contribution in [0.5, 0.6) is 0 Å². The van der Waals surface area contributed by atoms with Crippen molar-refractivity contribution in [2.75, 3.05) is 32.1 Å². The Labute approximate surface area is 169 Å². The quantitative estimate of drug-likeness (QED) is 0.591. The van der Waals surface area contributed by atoms with E-state index in [1.54, 1.807) is 12.1 Å². The third kappa shape index (κ3) is 5.43. The van der Waals surface area contributed by atoms with Crippen molar-refractivity contribution in [2.24, 2.45) is 0 Å². The van der Waals surface area contributed by atoms with Gasteiger partial charge in [0.15, 0.2) is 9.84 Å². The third-order valence-electron chi connectivity index (χ3n) is 5.58. The standard InChI is InChI=1S/C23H31NO3S/c1-3-27-17-18-28(25,26)23-12-10-22(11-13-23)21-8-6-20(7-9-21)14-16-24-15-4-5-19(24)2/h6-13,19H,3-5,14-18H2,1-2H3. The van der Waals surface area contributed by atoms with Crippen LogP contribution < -0.4 is 0 Å². The molecule has 1 saturated heterocycles. The molecule has 3 rings (SSSR count). The van der Waals surface area contributed by atoms with E-state index in [1.165, 1.54) is 24.9 Å². The molecular weight excluding hydrogens is 370 g/mol. The summed E-state index contributed by atoms with van der Waals surface area (Å²) in [4.78, 5) is 2.92. The van der Waals surface area contributed by atoms with Crippen LogP contribution in [0.1, 0.15) is 32.3 Å². The summed E-state index contributed by atoms with van der Waals surface area (Å²) in [5.41, 5.74) is 3.48. The Morgan fingerprint density at radius 3 is 2.25 bits per heavy atom. The van der Waals surface area contributed by atoms with Crippen molar-refractivity contribution < 1.29 is 13.2 Å². The first kappa shape index (κ1) is 21.0. The topological polar surface area (TPSA) is 46.6 Å². The first-order valence-electron chi connectivity index (χ1n) is 10.2. The van der Waals surface area contributed by atoms with Gasteiger partial charge in [0, 0.05) is 19.2 Å². The van der Waals surface area contributed by atoms with Gasteiger partial charge in [-0.1, -0.05) is 36.4 Å². The molecule has 1 fully saturated rings. The minimum Gasteiger partial charge on any atom is -0.381 e. The minimum absolute atomic E-state index is 0.0184. The van der Waals surface area contributed by atoms with Gasteiger partial charge < -0.3 is 9.64 Å². The maximum Gasteiger partial charge on any atom is 0.180 e.